The van der Waals surface area contributed by atoms with E-state index in [4.69, 9.17) is 0 Å². The van der Waals surface area contributed by atoms with Crippen molar-refractivity contribution in [2.45, 2.75) is 6.92 Å². The van der Waals surface area contributed by atoms with Gasteiger partial charge >= 0.3 is 0 Å². The first-order chi connectivity index (χ1) is 6.66. The number of hydrogen-bond acceptors (Lipinski definition) is 2. The number of hydrogen-bond donors (Lipinski definition) is 0. The molecule has 1 aromatic heterocycles. The first-order valence-electron chi connectivity index (χ1n) is 4.29. The quantitative estimate of drug-likeness (QED) is 0.780. The fourth-order valence-electron chi connectivity index (χ4n) is 1.26. The molecule has 0 saturated heterocycles. The first-order valence-corrected chi connectivity index (χ1v) is 5.08. The second-order valence-electron chi connectivity index (χ2n) is 3.23. The number of aromatic nitrogens is 3. The largest absolute Gasteiger partial charge is 0.255 e. The first kappa shape index (κ1) is 9.40. The monoisotopic (exact) mass is 251 g/mol. The van der Waals surface area contributed by atoms with Crippen LogP contribution < -0.4 is 0 Å². The van der Waals surface area contributed by atoms with Crippen molar-refractivity contribution >= 4 is 15.9 Å². The Kier molecular flexibility index (Phi) is 2.37. The van der Waals surface area contributed by atoms with Crippen LogP contribution in [0.15, 0.2) is 29.0 Å². The number of aryl methyl sites for hydroxylation is 2. The molecular weight excluding hydrogens is 242 g/mol. The Morgan fingerprint density at radius 1 is 1.36 bits per heavy atom. The summed E-state index contributed by atoms with van der Waals surface area (Å²) in [6, 6.07) is 6.14. The van der Waals surface area contributed by atoms with Crippen LogP contribution in [0.1, 0.15) is 5.56 Å². The van der Waals surface area contributed by atoms with Crippen molar-refractivity contribution < 1.29 is 0 Å². The summed E-state index contributed by atoms with van der Waals surface area (Å²) in [6.07, 6.45) is 1.70. The van der Waals surface area contributed by atoms with Gasteiger partial charge in [-0.25, -0.2) is 4.98 Å². The normalized spacial score (nSPS) is 10.5. The summed E-state index contributed by atoms with van der Waals surface area (Å²) in [5, 5.41) is 4.25. The van der Waals surface area contributed by atoms with E-state index in [2.05, 4.69) is 45.1 Å². The lowest BCUT2D eigenvalue weighted by Crippen LogP contribution is -1.88. The predicted octanol–water partition coefficient (Wildman–Crippen LogP) is 2.55. The van der Waals surface area contributed by atoms with Crippen molar-refractivity contribution in [2.75, 3.05) is 0 Å². The molecule has 4 heteroatoms. The van der Waals surface area contributed by atoms with Crippen LogP contribution >= 0.6 is 15.9 Å². The molecule has 0 unspecified atom stereocenters. The van der Waals surface area contributed by atoms with Gasteiger partial charge in [-0.1, -0.05) is 22.0 Å². The van der Waals surface area contributed by atoms with E-state index in [0.29, 0.717) is 0 Å². The molecule has 0 spiro atoms. The molecule has 0 N–H and O–H groups in total. The van der Waals surface area contributed by atoms with Gasteiger partial charge in [0.25, 0.3) is 0 Å². The fraction of sp³-hybridized carbons (Fsp3) is 0.200. The molecule has 3 nitrogen and oxygen atoms in total. The minimum atomic E-state index is 0.749. The summed E-state index contributed by atoms with van der Waals surface area (Å²) >= 11 is 3.50. The zero-order chi connectivity index (χ0) is 10.1. The molecule has 2 aromatic rings. The summed E-state index contributed by atoms with van der Waals surface area (Å²) in [5.74, 6) is 0.749. The van der Waals surface area contributed by atoms with Crippen LogP contribution in [0.2, 0.25) is 0 Å². The van der Waals surface area contributed by atoms with E-state index in [9.17, 15) is 0 Å². The average Bonchev–Trinajstić information content (AvgIpc) is 2.51. The highest BCUT2D eigenvalue weighted by Crippen LogP contribution is 2.25. The lowest BCUT2D eigenvalue weighted by Gasteiger charge is -2.00. The lowest BCUT2D eigenvalue weighted by molar-refractivity contribution is 0.768. The van der Waals surface area contributed by atoms with Crippen LogP contribution in [0.3, 0.4) is 0 Å². The van der Waals surface area contributed by atoms with E-state index >= 15 is 0 Å². The Bertz CT molecular complexity index is 462. The van der Waals surface area contributed by atoms with Crippen LogP contribution in [0.25, 0.3) is 11.4 Å². The summed E-state index contributed by atoms with van der Waals surface area (Å²) in [6.45, 7) is 2.06. The van der Waals surface area contributed by atoms with Gasteiger partial charge in [0, 0.05) is 17.1 Å². The molecule has 0 aliphatic rings. The molecule has 0 fully saturated rings. The number of benzene rings is 1. The molecular formula is C10H10BrN3. The summed E-state index contributed by atoms with van der Waals surface area (Å²) in [4.78, 5) is 4.20. The van der Waals surface area contributed by atoms with Gasteiger partial charge in [0.15, 0.2) is 5.82 Å². The molecule has 0 atom stereocenters. The number of rotatable bonds is 1. The second-order valence-corrected chi connectivity index (χ2v) is 4.08. The fourth-order valence-corrected chi connectivity index (χ4v) is 1.93. The molecule has 0 bridgehead atoms. The SMILES string of the molecule is Cc1ccc(-c2ncn(C)n2)c(Br)c1. The highest BCUT2D eigenvalue weighted by Gasteiger charge is 2.06. The molecule has 0 saturated carbocycles. The minimum Gasteiger partial charge on any atom is -0.255 e. The van der Waals surface area contributed by atoms with Crippen LogP contribution in [0, 0.1) is 6.92 Å². The third-order valence-corrected chi connectivity index (χ3v) is 2.62. The summed E-state index contributed by atoms with van der Waals surface area (Å²) in [5.41, 5.74) is 2.24. The summed E-state index contributed by atoms with van der Waals surface area (Å²) < 4.78 is 2.73. The van der Waals surface area contributed by atoms with E-state index < -0.39 is 0 Å². The number of nitrogens with zero attached hydrogens (tertiary/aromatic N) is 3. The average molecular weight is 252 g/mol. The lowest BCUT2D eigenvalue weighted by atomic mass is 10.1. The van der Waals surface area contributed by atoms with Crippen molar-refractivity contribution in [3.05, 3.63) is 34.6 Å². The summed E-state index contributed by atoms with van der Waals surface area (Å²) in [7, 11) is 1.86. The van der Waals surface area contributed by atoms with Gasteiger partial charge in [-0.3, -0.25) is 4.68 Å². The molecule has 2 rings (SSSR count). The van der Waals surface area contributed by atoms with Crippen LogP contribution in [-0.2, 0) is 7.05 Å². The molecule has 14 heavy (non-hydrogen) atoms. The van der Waals surface area contributed by atoms with Crippen molar-refractivity contribution in [1.29, 1.82) is 0 Å². The maximum absolute atomic E-state index is 4.25. The topological polar surface area (TPSA) is 30.7 Å². The van der Waals surface area contributed by atoms with Gasteiger partial charge < -0.3 is 0 Å². The van der Waals surface area contributed by atoms with Crippen molar-refractivity contribution in [2.24, 2.45) is 7.05 Å². The van der Waals surface area contributed by atoms with E-state index in [1.165, 1.54) is 5.56 Å². The number of halogens is 1. The van der Waals surface area contributed by atoms with Crippen LogP contribution in [-0.4, -0.2) is 14.8 Å². The van der Waals surface area contributed by atoms with Gasteiger partial charge in [0.2, 0.25) is 0 Å². The van der Waals surface area contributed by atoms with Gasteiger partial charge in [-0.2, -0.15) is 5.10 Å². The zero-order valence-electron chi connectivity index (χ0n) is 8.03. The molecule has 0 aliphatic heterocycles. The third-order valence-electron chi connectivity index (χ3n) is 1.97. The Balaban J connectivity index is 2.52. The predicted molar refractivity (Wildman–Crippen MR) is 58.9 cm³/mol. The molecule has 1 aromatic carbocycles. The van der Waals surface area contributed by atoms with Crippen molar-refractivity contribution in [3.63, 3.8) is 0 Å². The van der Waals surface area contributed by atoms with Gasteiger partial charge in [0.1, 0.15) is 6.33 Å². The Labute approximate surface area is 90.9 Å². The van der Waals surface area contributed by atoms with Crippen molar-refractivity contribution in [3.8, 4) is 11.4 Å². The Hall–Kier alpha value is -1.16. The highest BCUT2D eigenvalue weighted by molar-refractivity contribution is 9.10. The van der Waals surface area contributed by atoms with Gasteiger partial charge in [-0.05, 0) is 24.6 Å². The van der Waals surface area contributed by atoms with E-state index in [1.54, 1.807) is 11.0 Å². The van der Waals surface area contributed by atoms with Crippen LogP contribution in [0.4, 0.5) is 0 Å². The smallest absolute Gasteiger partial charge is 0.182 e. The van der Waals surface area contributed by atoms with E-state index in [0.717, 1.165) is 15.9 Å². The zero-order valence-corrected chi connectivity index (χ0v) is 9.62. The van der Waals surface area contributed by atoms with Crippen molar-refractivity contribution in [1.82, 2.24) is 14.8 Å². The molecule has 0 aliphatic carbocycles. The van der Waals surface area contributed by atoms with Crippen LogP contribution in [0.5, 0.6) is 0 Å². The third kappa shape index (κ3) is 1.70. The Morgan fingerprint density at radius 3 is 2.71 bits per heavy atom. The second kappa shape index (κ2) is 3.53. The molecule has 72 valence electrons. The van der Waals surface area contributed by atoms with Gasteiger partial charge in [-0.15, -0.1) is 0 Å². The van der Waals surface area contributed by atoms with E-state index in [-0.39, 0.29) is 0 Å². The maximum atomic E-state index is 4.25. The maximum Gasteiger partial charge on any atom is 0.182 e. The van der Waals surface area contributed by atoms with Gasteiger partial charge in [0.05, 0.1) is 0 Å². The highest BCUT2D eigenvalue weighted by atomic mass is 79.9. The molecule has 0 radical (unpaired) electrons. The molecule has 0 amide bonds. The standard InChI is InChI=1S/C10H10BrN3/c1-7-3-4-8(9(11)5-7)10-12-6-14(2)13-10/h3-6H,1-2H3. The van der Waals surface area contributed by atoms with E-state index in [1.807, 2.05) is 13.1 Å². The minimum absolute atomic E-state index is 0.749. The Morgan fingerprint density at radius 2 is 2.14 bits per heavy atom. The molecule has 1 heterocycles.